The Kier molecular flexibility index (Phi) is 3.41. The zero-order chi connectivity index (χ0) is 11.4. The normalized spacial score (nSPS) is 20.4. The number of carbonyl (C=O) groups is 1. The lowest BCUT2D eigenvalue weighted by molar-refractivity contribution is 0.1000. The van der Waals surface area contributed by atoms with E-state index in [1.54, 1.807) is 24.3 Å². The monoisotopic (exact) mass is 220 g/mol. The van der Waals surface area contributed by atoms with Crippen LogP contribution in [0.1, 0.15) is 23.2 Å². The Hall–Kier alpha value is -1.55. The third-order valence-corrected chi connectivity index (χ3v) is 2.69. The van der Waals surface area contributed by atoms with Crippen molar-refractivity contribution in [3.05, 3.63) is 29.8 Å². The van der Waals surface area contributed by atoms with E-state index in [2.05, 4.69) is 5.32 Å². The highest BCUT2D eigenvalue weighted by Gasteiger charge is 2.14. The predicted molar refractivity (Wildman–Crippen MR) is 61.5 cm³/mol. The van der Waals surface area contributed by atoms with E-state index in [-0.39, 0.29) is 6.10 Å². The van der Waals surface area contributed by atoms with Crippen molar-refractivity contribution in [2.24, 2.45) is 5.73 Å². The SMILES string of the molecule is NC(=O)c1ccc(OC2CCCNC2)cc1. The number of hydrogen-bond acceptors (Lipinski definition) is 3. The lowest BCUT2D eigenvalue weighted by Crippen LogP contribution is -2.37. The number of nitrogens with one attached hydrogen (secondary N) is 1. The molecule has 1 fully saturated rings. The summed E-state index contributed by atoms with van der Waals surface area (Å²) in [6.07, 6.45) is 2.45. The number of carbonyl (C=O) groups excluding carboxylic acids is 1. The van der Waals surface area contributed by atoms with Crippen molar-refractivity contribution in [2.75, 3.05) is 13.1 Å². The van der Waals surface area contributed by atoms with Crippen LogP contribution in [0.15, 0.2) is 24.3 Å². The van der Waals surface area contributed by atoms with Crippen molar-refractivity contribution in [2.45, 2.75) is 18.9 Å². The molecule has 1 heterocycles. The molecule has 0 radical (unpaired) electrons. The smallest absolute Gasteiger partial charge is 0.248 e. The van der Waals surface area contributed by atoms with E-state index in [0.717, 1.165) is 31.7 Å². The second kappa shape index (κ2) is 4.99. The van der Waals surface area contributed by atoms with E-state index >= 15 is 0 Å². The van der Waals surface area contributed by atoms with Gasteiger partial charge in [0.2, 0.25) is 5.91 Å². The van der Waals surface area contributed by atoms with Crippen LogP contribution in [-0.2, 0) is 0 Å². The summed E-state index contributed by atoms with van der Waals surface area (Å²) >= 11 is 0. The van der Waals surface area contributed by atoms with Crippen LogP contribution in [0.3, 0.4) is 0 Å². The summed E-state index contributed by atoms with van der Waals surface area (Å²) in [5.74, 6) is 0.379. The fraction of sp³-hybridized carbons (Fsp3) is 0.417. The zero-order valence-electron chi connectivity index (χ0n) is 9.11. The van der Waals surface area contributed by atoms with Gasteiger partial charge >= 0.3 is 0 Å². The van der Waals surface area contributed by atoms with Gasteiger partial charge in [0.05, 0.1) is 0 Å². The molecule has 0 aliphatic carbocycles. The summed E-state index contributed by atoms with van der Waals surface area (Å²) in [6, 6.07) is 6.95. The van der Waals surface area contributed by atoms with E-state index in [9.17, 15) is 4.79 Å². The van der Waals surface area contributed by atoms with Crippen LogP contribution in [0.25, 0.3) is 0 Å². The first-order chi connectivity index (χ1) is 7.75. The molecule has 2 rings (SSSR count). The topological polar surface area (TPSA) is 64.4 Å². The summed E-state index contributed by atoms with van der Waals surface area (Å²) in [7, 11) is 0. The van der Waals surface area contributed by atoms with Gasteiger partial charge < -0.3 is 15.8 Å². The minimum Gasteiger partial charge on any atom is -0.489 e. The molecule has 16 heavy (non-hydrogen) atoms. The second-order valence-electron chi connectivity index (χ2n) is 3.97. The van der Waals surface area contributed by atoms with Crippen LogP contribution in [0.2, 0.25) is 0 Å². The van der Waals surface area contributed by atoms with Crippen molar-refractivity contribution in [1.29, 1.82) is 0 Å². The number of ether oxygens (including phenoxy) is 1. The van der Waals surface area contributed by atoms with Crippen LogP contribution in [0, 0.1) is 0 Å². The Balaban J connectivity index is 1.96. The molecule has 86 valence electrons. The second-order valence-corrected chi connectivity index (χ2v) is 3.97. The highest BCUT2D eigenvalue weighted by Crippen LogP contribution is 2.16. The molecule has 1 unspecified atom stereocenters. The highest BCUT2D eigenvalue weighted by molar-refractivity contribution is 5.92. The van der Waals surface area contributed by atoms with Crippen LogP contribution < -0.4 is 15.8 Å². The maximum Gasteiger partial charge on any atom is 0.248 e. The number of hydrogen-bond donors (Lipinski definition) is 2. The molecule has 4 heteroatoms. The van der Waals surface area contributed by atoms with Gasteiger partial charge in [-0.15, -0.1) is 0 Å². The van der Waals surface area contributed by atoms with Crippen LogP contribution in [0.5, 0.6) is 5.75 Å². The fourth-order valence-electron chi connectivity index (χ4n) is 1.81. The number of piperidine rings is 1. The molecule has 1 aromatic rings. The van der Waals surface area contributed by atoms with E-state index in [4.69, 9.17) is 10.5 Å². The number of rotatable bonds is 3. The van der Waals surface area contributed by atoms with E-state index in [1.807, 2.05) is 0 Å². The van der Waals surface area contributed by atoms with Gasteiger partial charge in [-0.05, 0) is 43.7 Å². The summed E-state index contributed by atoms with van der Waals surface area (Å²) in [5, 5.41) is 3.29. The molecule has 3 N–H and O–H groups in total. The molecule has 0 aromatic heterocycles. The largest absolute Gasteiger partial charge is 0.489 e. The average molecular weight is 220 g/mol. The van der Waals surface area contributed by atoms with Gasteiger partial charge in [0.1, 0.15) is 11.9 Å². The Labute approximate surface area is 94.8 Å². The van der Waals surface area contributed by atoms with Crippen molar-refractivity contribution in [1.82, 2.24) is 5.32 Å². The maximum atomic E-state index is 10.9. The van der Waals surface area contributed by atoms with Crippen LogP contribution in [0.4, 0.5) is 0 Å². The van der Waals surface area contributed by atoms with E-state index < -0.39 is 5.91 Å². The molecule has 4 nitrogen and oxygen atoms in total. The first-order valence-corrected chi connectivity index (χ1v) is 5.53. The van der Waals surface area contributed by atoms with Crippen molar-refractivity contribution < 1.29 is 9.53 Å². The summed E-state index contributed by atoms with van der Waals surface area (Å²) in [5.41, 5.74) is 5.67. The standard InChI is InChI=1S/C12H16N2O2/c13-12(15)9-3-5-10(6-4-9)16-11-2-1-7-14-8-11/h3-6,11,14H,1-2,7-8H2,(H2,13,15). The number of amides is 1. The molecule has 1 aliphatic heterocycles. The van der Waals surface area contributed by atoms with E-state index in [0.29, 0.717) is 5.56 Å². The van der Waals surface area contributed by atoms with Gasteiger partial charge in [0.15, 0.2) is 0 Å². The molecule has 1 amide bonds. The molecule has 1 aromatic carbocycles. The minimum atomic E-state index is -0.411. The third kappa shape index (κ3) is 2.73. The predicted octanol–water partition coefficient (Wildman–Crippen LogP) is 0.916. The first-order valence-electron chi connectivity index (χ1n) is 5.53. The van der Waals surface area contributed by atoms with E-state index in [1.165, 1.54) is 0 Å². The summed E-state index contributed by atoms with van der Waals surface area (Å²) in [4.78, 5) is 10.9. The summed E-state index contributed by atoms with van der Waals surface area (Å²) in [6.45, 7) is 1.96. The third-order valence-electron chi connectivity index (χ3n) is 2.69. The Bertz CT molecular complexity index is 356. The average Bonchev–Trinajstić information content (AvgIpc) is 2.31. The zero-order valence-corrected chi connectivity index (χ0v) is 9.11. The van der Waals surface area contributed by atoms with Crippen molar-refractivity contribution in [3.63, 3.8) is 0 Å². The Morgan fingerprint density at radius 3 is 2.69 bits per heavy atom. The van der Waals surface area contributed by atoms with Crippen molar-refractivity contribution >= 4 is 5.91 Å². The van der Waals surface area contributed by atoms with Crippen LogP contribution >= 0.6 is 0 Å². The van der Waals surface area contributed by atoms with Gasteiger partial charge in [0, 0.05) is 12.1 Å². The Morgan fingerprint density at radius 2 is 2.12 bits per heavy atom. The van der Waals surface area contributed by atoms with Gasteiger partial charge in [-0.25, -0.2) is 0 Å². The van der Waals surface area contributed by atoms with Crippen LogP contribution in [-0.4, -0.2) is 25.1 Å². The van der Waals surface area contributed by atoms with Gasteiger partial charge in [-0.3, -0.25) is 4.79 Å². The number of primary amides is 1. The number of nitrogens with two attached hydrogens (primary N) is 1. The molecule has 1 atom stereocenters. The lowest BCUT2D eigenvalue weighted by Gasteiger charge is -2.23. The van der Waals surface area contributed by atoms with Gasteiger partial charge in [-0.1, -0.05) is 0 Å². The first kappa shape index (κ1) is 11.0. The summed E-state index contributed by atoms with van der Waals surface area (Å²) < 4.78 is 5.78. The molecule has 1 saturated heterocycles. The quantitative estimate of drug-likeness (QED) is 0.796. The fourth-order valence-corrected chi connectivity index (χ4v) is 1.81. The Morgan fingerprint density at radius 1 is 1.38 bits per heavy atom. The van der Waals surface area contributed by atoms with Crippen molar-refractivity contribution in [3.8, 4) is 5.75 Å². The molecule has 0 spiro atoms. The van der Waals surface area contributed by atoms with Gasteiger partial charge in [-0.2, -0.15) is 0 Å². The van der Waals surface area contributed by atoms with Gasteiger partial charge in [0.25, 0.3) is 0 Å². The molecule has 0 saturated carbocycles. The maximum absolute atomic E-state index is 10.9. The molecular formula is C12H16N2O2. The molecule has 1 aliphatic rings. The molecule has 0 bridgehead atoms. The minimum absolute atomic E-state index is 0.230. The molecular weight excluding hydrogens is 204 g/mol. The highest BCUT2D eigenvalue weighted by atomic mass is 16.5. The lowest BCUT2D eigenvalue weighted by atomic mass is 10.1. The number of benzene rings is 1.